The summed E-state index contributed by atoms with van der Waals surface area (Å²) in [5, 5.41) is 8.65. The van der Waals surface area contributed by atoms with Gasteiger partial charge in [-0.1, -0.05) is 32.9 Å². The van der Waals surface area contributed by atoms with Crippen LogP contribution in [0.1, 0.15) is 62.3 Å². The van der Waals surface area contributed by atoms with Crippen molar-refractivity contribution in [3.8, 4) is 0 Å². The summed E-state index contributed by atoms with van der Waals surface area (Å²) in [6, 6.07) is 4.55. The quantitative estimate of drug-likeness (QED) is 0.799. The van der Waals surface area contributed by atoms with Gasteiger partial charge in [-0.2, -0.15) is 0 Å². The molecule has 0 radical (unpaired) electrons. The summed E-state index contributed by atoms with van der Waals surface area (Å²) in [4.78, 5) is 10.5. The minimum atomic E-state index is -0.698. The third-order valence-electron chi connectivity index (χ3n) is 3.63. The van der Waals surface area contributed by atoms with Crippen LogP contribution in [0.15, 0.2) is 12.1 Å². The monoisotopic (exact) mass is 262 g/mol. The molecular weight excluding hydrogens is 236 g/mol. The number of carboxylic acids is 1. The minimum absolute atomic E-state index is 0.178. The Hall–Kier alpha value is -1.31. The summed E-state index contributed by atoms with van der Waals surface area (Å²) in [5.74, 6) is -0.698. The van der Waals surface area contributed by atoms with Crippen molar-refractivity contribution in [2.45, 2.75) is 65.7 Å². The summed E-state index contributed by atoms with van der Waals surface area (Å²) in [6.07, 6.45) is 2.96. The highest BCUT2D eigenvalue weighted by molar-refractivity contribution is 5.66. The Morgan fingerprint density at radius 1 is 1.11 bits per heavy atom. The number of benzene rings is 1. The number of aryl methyl sites for hydroxylation is 2. The highest BCUT2D eigenvalue weighted by atomic mass is 16.4. The fraction of sp³-hybridized carbons (Fsp3) is 0.588. The molecule has 0 fully saturated rings. The first kappa shape index (κ1) is 15.7. The van der Waals surface area contributed by atoms with Gasteiger partial charge in [-0.25, -0.2) is 0 Å². The van der Waals surface area contributed by atoms with E-state index in [0.717, 1.165) is 19.3 Å². The number of carboxylic acid groups (broad SMARTS) is 1. The number of hydrogen-bond donors (Lipinski definition) is 1. The molecule has 0 unspecified atom stereocenters. The summed E-state index contributed by atoms with van der Waals surface area (Å²) in [7, 11) is 0. The first-order valence-corrected chi connectivity index (χ1v) is 7.04. The van der Waals surface area contributed by atoms with E-state index in [-0.39, 0.29) is 11.8 Å². The number of aliphatic carboxylic acids is 1. The summed E-state index contributed by atoms with van der Waals surface area (Å²) < 4.78 is 0. The molecule has 0 aliphatic heterocycles. The second-order valence-electron chi connectivity index (χ2n) is 6.44. The van der Waals surface area contributed by atoms with Crippen molar-refractivity contribution < 1.29 is 9.90 Å². The summed E-state index contributed by atoms with van der Waals surface area (Å²) in [6.45, 7) is 11.0. The van der Waals surface area contributed by atoms with Crippen LogP contribution in [-0.2, 0) is 16.6 Å². The van der Waals surface area contributed by atoms with E-state index in [9.17, 15) is 4.79 Å². The van der Waals surface area contributed by atoms with E-state index in [2.05, 4.69) is 46.8 Å². The van der Waals surface area contributed by atoms with Crippen molar-refractivity contribution in [3.05, 3.63) is 34.4 Å². The Morgan fingerprint density at radius 3 is 2.05 bits per heavy atom. The van der Waals surface area contributed by atoms with Gasteiger partial charge in [0.2, 0.25) is 0 Å². The van der Waals surface area contributed by atoms with Gasteiger partial charge in [-0.15, -0.1) is 0 Å². The Morgan fingerprint density at radius 2 is 1.63 bits per heavy atom. The zero-order valence-corrected chi connectivity index (χ0v) is 12.8. The van der Waals surface area contributed by atoms with Crippen molar-refractivity contribution in [1.29, 1.82) is 0 Å². The van der Waals surface area contributed by atoms with E-state index < -0.39 is 5.97 Å². The Balaban J connectivity index is 2.78. The van der Waals surface area contributed by atoms with Crippen LogP contribution in [0.4, 0.5) is 0 Å². The van der Waals surface area contributed by atoms with E-state index >= 15 is 0 Å². The second kappa shape index (κ2) is 6.23. The van der Waals surface area contributed by atoms with Gasteiger partial charge in [0.15, 0.2) is 0 Å². The minimum Gasteiger partial charge on any atom is -0.481 e. The van der Waals surface area contributed by atoms with Gasteiger partial charge >= 0.3 is 5.97 Å². The average Bonchev–Trinajstić information content (AvgIpc) is 2.25. The predicted octanol–water partition coefficient (Wildman–Crippen LogP) is 4.40. The van der Waals surface area contributed by atoms with Crippen LogP contribution in [0.5, 0.6) is 0 Å². The zero-order chi connectivity index (χ0) is 14.6. The normalized spacial score (nSPS) is 11.6. The van der Waals surface area contributed by atoms with Gasteiger partial charge in [-0.3, -0.25) is 4.79 Å². The largest absolute Gasteiger partial charge is 0.481 e. The van der Waals surface area contributed by atoms with E-state index in [4.69, 9.17) is 5.11 Å². The predicted molar refractivity (Wildman–Crippen MR) is 79.8 cm³/mol. The standard InChI is InChI=1S/C17H26O2/c1-12-10-14(17(3,4)5)11-13(2)15(12)8-6-7-9-16(18)19/h10-11H,6-9H2,1-5H3,(H,18,19). The molecule has 1 aromatic carbocycles. The molecule has 1 aromatic rings. The Bertz CT molecular complexity index is 430. The molecule has 0 aliphatic carbocycles. The van der Waals surface area contributed by atoms with Gasteiger partial charge in [-0.05, 0) is 60.8 Å². The molecule has 0 bridgehead atoms. The first-order chi connectivity index (χ1) is 8.71. The summed E-state index contributed by atoms with van der Waals surface area (Å²) >= 11 is 0. The average molecular weight is 262 g/mol. The molecule has 106 valence electrons. The van der Waals surface area contributed by atoms with Crippen LogP contribution in [-0.4, -0.2) is 11.1 Å². The van der Waals surface area contributed by atoms with Crippen LogP contribution in [0.2, 0.25) is 0 Å². The molecule has 2 nitrogen and oxygen atoms in total. The molecule has 0 spiro atoms. The van der Waals surface area contributed by atoms with E-state index in [1.807, 2.05) is 0 Å². The number of hydrogen-bond acceptors (Lipinski definition) is 1. The van der Waals surface area contributed by atoms with Gasteiger partial charge in [0.1, 0.15) is 0 Å². The number of carbonyl (C=O) groups is 1. The first-order valence-electron chi connectivity index (χ1n) is 7.04. The molecule has 0 saturated heterocycles. The molecule has 1 rings (SSSR count). The maximum absolute atomic E-state index is 10.5. The van der Waals surface area contributed by atoms with E-state index in [0.29, 0.717) is 0 Å². The highest BCUT2D eigenvalue weighted by Crippen LogP contribution is 2.27. The molecule has 0 atom stereocenters. The number of unbranched alkanes of at least 4 members (excludes halogenated alkanes) is 1. The highest BCUT2D eigenvalue weighted by Gasteiger charge is 2.16. The molecule has 1 N–H and O–H groups in total. The fourth-order valence-corrected chi connectivity index (χ4v) is 2.40. The maximum atomic E-state index is 10.5. The molecule has 0 heterocycles. The van der Waals surface area contributed by atoms with Crippen LogP contribution >= 0.6 is 0 Å². The molecule has 0 aliphatic rings. The lowest BCUT2D eigenvalue weighted by Gasteiger charge is -2.22. The molecule has 2 heteroatoms. The zero-order valence-electron chi connectivity index (χ0n) is 12.8. The van der Waals surface area contributed by atoms with Crippen molar-refractivity contribution in [1.82, 2.24) is 0 Å². The SMILES string of the molecule is Cc1cc(C(C)(C)C)cc(C)c1CCCCC(=O)O. The maximum Gasteiger partial charge on any atom is 0.303 e. The van der Waals surface area contributed by atoms with Crippen LogP contribution in [0.3, 0.4) is 0 Å². The van der Waals surface area contributed by atoms with Gasteiger partial charge in [0, 0.05) is 6.42 Å². The van der Waals surface area contributed by atoms with Crippen molar-refractivity contribution in [3.63, 3.8) is 0 Å². The molecular formula is C17H26O2. The molecule has 19 heavy (non-hydrogen) atoms. The lowest BCUT2D eigenvalue weighted by atomic mass is 9.83. The van der Waals surface area contributed by atoms with Crippen LogP contribution < -0.4 is 0 Å². The van der Waals surface area contributed by atoms with E-state index in [1.54, 1.807) is 0 Å². The van der Waals surface area contributed by atoms with Crippen molar-refractivity contribution in [2.24, 2.45) is 0 Å². The van der Waals surface area contributed by atoms with Crippen LogP contribution in [0, 0.1) is 13.8 Å². The summed E-state index contributed by atoms with van der Waals surface area (Å²) in [5.41, 5.74) is 5.60. The lowest BCUT2D eigenvalue weighted by Crippen LogP contribution is -2.12. The van der Waals surface area contributed by atoms with Crippen LogP contribution in [0.25, 0.3) is 0 Å². The second-order valence-corrected chi connectivity index (χ2v) is 6.44. The Labute approximate surface area is 116 Å². The topological polar surface area (TPSA) is 37.3 Å². The molecule has 0 aromatic heterocycles. The molecule has 0 saturated carbocycles. The van der Waals surface area contributed by atoms with Gasteiger partial charge in [0.05, 0.1) is 0 Å². The smallest absolute Gasteiger partial charge is 0.303 e. The van der Waals surface area contributed by atoms with Crippen molar-refractivity contribution in [2.75, 3.05) is 0 Å². The number of rotatable bonds is 5. The molecule has 0 amide bonds. The third kappa shape index (κ3) is 4.70. The van der Waals surface area contributed by atoms with Crippen molar-refractivity contribution >= 4 is 5.97 Å². The third-order valence-corrected chi connectivity index (χ3v) is 3.63. The Kier molecular flexibility index (Phi) is 5.16. The lowest BCUT2D eigenvalue weighted by molar-refractivity contribution is -0.137. The fourth-order valence-electron chi connectivity index (χ4n) is 2.40. The van der Waals surface area contributed by atoms with Gasteiger partial charge < -0.3 is 5.11 Å². The van der Waals surface area contributed by atoms with E-state index in [1.165, 1.54) is 22.3 Å². The van der Waals surface area contributed by atoms with Gasteiger partial charge in [0.25, 0.3) is 0 Å².